The summed E-state index contributed by atoms with van der Waals surface area (Å²) in [7, 11) is 0. The van der Waals surface area contributed by atoms with Crippen molar-refractivity contribution in [2.24, 2.45) is 5.73 Å². The van der Waals surface area contributed by atoms with Gasteiger partial charge in [-0.05, 0) is 19.4 Å². The first-order chi connectivity index (χ1) is 9.45. The van der Waals surface area contributed by atoms with Crippen molar-refractivity contribution in [1.82, 2.24) is 9.97 Å². The standard InChI is InChI=1S/C14H18N4OS/c1-8-4-3-5-10(6-8)13(9(2)15)20-14-17-11(16)7-12(19)18-14/h3-7,9,13H,15H2,1-2H3,(H3,16,17,18,19). The van der Waals surface area contributed by atoms with Gasteiger partial charge in [-0.1, -0.05) is 41.6 Å². The van der Waals surface area contributed by atoms with Gasteiger partial charge in [0.2, 0.25) is 0 Å². The lowest BCUT2D eigenvalue weighted by Crippen LogP contribution is -2.23. The highest BCUT2D eigenvalue weighted by molar-refractivity contribution is 7.99. The van der Waals surface area contributed by atoms with Crippen LogP contribution in [-0.4, -0.2) is 16.0 Å². The predicted molar refractivity (Wildman–Crippen MR) is 82.7 cm³/mol. The zero-order valence-electron chi connectivity index (χ0n) is 11.5. The highest BCUT2D eigenvalue weighted by Gasteiger charge is 2.19. The van der Waals surface area contributed by atoms with Gasteiger partial charge in [-0.15, -0.1) is 0 Å². The second kappa shape index (κ2) is 6.11. The van der Waals surface area contributed by atoms with E-state index in [9.17, 15) is 4.79 Å². The molecule has 5 nitrogen and oxygen atoms in total. The summed E-state index contributed by atoms with van der Waals surface area (Å²) in [6.45, 7) is 3.97. The molecule has 0 radical (unpaired) electrons. The van der Waals surface area contributed by atoms with E-state index in [4.69, 9.17) is 11.5 Å². The Kier molecular flexibility index (Phi) is 4.46. The average Bonchev–Trinajstić information content (AvgIpc) is 2.34. The summed E-state index contributed by atoms with van der Waals surface area (Å²) >= 11 is 1.42. The summed E-state index contributed by atoms with van der Waals surface area (Å²) in [6.07, 6.45) is 0. The Morgan fingerprint density at radius 2 is 2.10 bits per heavy atom. The van der Waals surface area contributed by atoms with Crippen molar-refractivity contribution in [3.63, 3.8) is 0 Å². The molecule has 0 aliphatic rings. The number of nitrogen functional groups attached to an aromatic ring is 1. The number of aryl methyl sites for hydroxylation is 1. The SMILES string of the molecule is Cc1cccc(C(Sc2nc(N)cc(=O)[nH]2)C(C)N)c1. The highest BCUT2D eigenvalue weighted by Crippen LogP contribution is 2.35. The van der Waals surface area contributed by atoms with Gasteiger partial charge < -0.3 is 16.5 Å². The molecule has 2 rings (SSSR count). The number of anilines is 1. The minimum Gasteiger partial charge on any atom is -0.383 e. The van der Waals surface area contributed by atoms with Crippen molar-refractivity contribution in [2.45, 2.75) is 30.3 Å². The molecule has 0 amide bonds. The van der Waals surface area contributed by atoms with Crippen molar-refractivity contribution in [2.75, 3.05) is 5.73 Å². The van der Waals surface area contributed by atoms with E-state index < -0.39 is 0 Å². The van der Waals surface area contributed by atoms with Crippen LogP contribution in [0.3, 0.4) is 0 Å². The molecule has 106 valence electrons. The van der Waals surface area contributed by atoms with E-state index in [1.54, 1.807) is 0 Å². The maximum atomic E-state index is 11.4. The van der Waals surface area contributed by atoms with Crippen LogP contribution >= 0.6 is 11.8 Å². The molecule has 1 aromatic heterocycles. The number of aromatic nitrogens is 2. The summed E-state index contributed by atoms with van der Waals surface area (Å²) in [6, 6.07) is 9.32. The second-order valence-electron chi connectivity index (χ2n) is 4.79. The normalized spacial score (nSPS) is 13.9. The monoisotopic (exact) mass is 290 g/mol. The Morgan fingerprint density at radius 3 is 2.70 bits per heavy atom. The van der Waals surface area contributed by atoms with E-state index >= 15 is 0 Å². The lowest BCUT2D eigenvalue weighted by Gasteiger charge is -2.20. The second-order valence-corrected chi connectivity index (χ2v) is 5.92. The van der Waals surface area contributed by atoms with Gasteiger partial charge in [0.15, 0.2) is 5.16 Å². The van der Waals surface area contributed by atoms with Crippen LogP contribution < -0.4 is 17.0 Å². The average molecular weight is 290 g/mol. The summed E-state index contributed by atoms with van der Waals surface area (Å²) in [5, 5.41) is 0.485. The fraction of sp³-hybridized carbons (Fsp3) is 0.286. The number of benzene rings is 1. The molecule has 2 unspecified atom stereocenters. The first-order valence-corrected chi connectivity index (χ1v) is 7.19. The third-order valence-electron chi connectivity index (χ3n) is 2.83. The van der Waals surface area contributed by atoms with Crippen LogP contribution in [0.25, 0.3) is 0 Å². The summed E-state index contributed by atoms with van der Waals surface area (Å²) in [5.41, 5.74) is 13.7. The smallest absolute Gasteiger partial charge is 0.253 e. The quantitative estimate of drug-likeness (QED) is 0.589. The summed E-state index contributed by atoms with van der Waals surface area (Å²) in [5.74, 6) is 0.212. The Bertz CT molecular complexity index is 654. The van der Waals surface area contributed by atoms with Gasteiger partial charge in [-0.2, -0.15) is 0 Å². The van der Waals surface area contributed by atoms with Crippen molar-refractivity contribution in [3.05, 3.63) is 51.8 Å². The molecule has 6 heteroatoms. The van der Waals surface area contributed by atoms with E-state index in [-0.39, 0.29) is 22.7 Å². The molecule has 20 heavy (non-hydrogen) atoms. The number of nitrogens with two attached hydrogens (primary N) is 2. The minimum atomic E-state index is -0.257. The van der Waals surface area contributed by atoms with Crippen molar-refractivity contribution >= 4 is 17.6 Å². The number of nitrogens with one attached hydrogen (secondary N) is 1. The summed E-state index contributed by atoms with van der Waals surface area (Å²) < 4.78 is 0. The number of nitrogens with zero attached hydrogens (tertiary/aromatic N) is 1. The predicted octanol–water partition coefficient (Wildman–Crippen LogP) is 1.84. The maximum absolute atomic E-state index is 11.4. The van der Waals surface area contributed by atoms with Crippen LogP contribution in [0.1, 0.15) is 23.3 Å². The lowest BCUT2D eigenvalue weighted by atomic mass is 10.0. The number of H-pyrrole nitrogens is 1. The summed E-state index contributed by atoms with van der Waals surface area (Å²) in [4.78, 5) is 18.2. The molecule has 0 saturated heterocycles. The first-order valence-electron chi connectivity index (χ1n) is 6.31. The van der Waals surface area contributed by atoms with Crippen LogP contribution in [0.4, 0.5) is 5.82 Å². The third kappa shape index (κ3) is 3.61. The fourth-order valence-corrected chi connectivity index (χ4v) is 3.01. The molecule has 2 atom stereocenters. The Balaban J connectivity index is 2.32. The molecule has 1 heterocycles. The Morgan fingerprint density at radius 1 is 1.35 bits per heavy atom. The molecule has 0 aliphatic carbocycles. The molecule has 0 fully saturated rings. The molecule has 0 spiro atoms. The van der Waals surface area contributed by atoms with Gasteiger partial charge in [-0.3, -0.25) is 4.79 Å². The molecule has 5 N–H and O–H groups in total. The number of hydrogen-bond donors (Lipinski definition) is 3. The molecule has 0 aliphatic heterocycles. The highest BCUT2D eigenvalue weighted by atomic mass is 32.2. The number of hydrogen-bond acceptors (Lipinski definition) is 5. The van der Waals surface area contributed by atoms with E-state index in [1.807, 2.05) is 32.0 Å². The maximum Gasteiger partial charge on any atom is 0.253 e. The third-order valence-corrected chi connectivity index (χ3v) is 4.20. The number of rotatable bonds is 4. The van der Waals surface area contributed by atoms with Crippen LogP contribution in [0.5, 0.6) is 0 Å². The van der Waals surface area contributed by atoms with Gasteiger partial charge in [0.1, 0.15) is 5.82 Å². The first kappa shape index (κ1) is 14.6. The van der Waals surface area contributed by atoms with Gasteiger partial charge in [0.25, 0.3) is 5.56 Å². The van der Waals surface area contributed by atoms with Gasteiger partial charge >= 0.3 is 0 Å². The van der Waals surface area contributed by atoms with Crippen LogP contribution in [0.2, 0.25) is 0 Å². The number of thioether (sulfide) groups is 1. The van der Waals surface area contributed by atoms with Crippen molar-refractivity contribution < 1.29 is 0 Å². The molecule has 0 saturated carbocycles. The van der Waals surface area contributed by atoms with Gasteiger partial charge in [0.05, 0.1) is 5.25 Å². The van der Waals surface area contributed by atoms with Gasteiger partial charge in [-0.25, -0.2) is 4.98 Å². The topological polar surface area (TPSA) is 97.8 Å². The fourth-order valence-electron chi connectivity index (χ4n) is 1.96. The van der Waals surface area contributed by atoms with Crippen LogP contribution in [0, 0.1) is 6.92 Å². The Hall–Kier alpha value is -1.79. The molecule has 2 aromatic rings. The number of aromatic amines is 1. The van der Waals surface area contributed by atoms with E-state index in [1.165, 1.54) is 23.4 Å². The zero-order valence-corrected chi connectivity index (χ0v) is 12.3. The molecule has 0 bridgehead atoms. The van der Waals surface area contributed by atoms with Crippen molar-refractivity contribution in [3.8, 4) is 0 Å². The minimum absolute atomic E-state index is 0.000139. The molecule has 1 aromatic carbocycles. The van der Waals surface area contributed by atoms with E-state index in [0.29, 0.717) is 5.16 Å². The van der Waals surface area contributed by atoms with E-state index in [0.717, 1.165) is 5.56 Å². The lowest BCUT2D eigenvalue weighted by molar-refractivity contribution is 0.717. The Labute approximate surface area is 121 Å². The molecular formula is C14H18N4OS. The van der Waals surface area contributed by atoms with Crippen molar-refractivity contribution in [1.29, 1.82) is 0 Å². The van der Waals surface area contributed by atoms with E-state index in [2.05, 4.69) is 16.0 Å². The zero-order chi connectivity index (χ0) is 14.7. The molecular weight excluding hydrogens is 272 g/mol. The van der Waals surface area contributed by atoms with Crippen LogP contribution in [0.15, 0.2) is 40.3 Å². The van der Waals surface area contributed by atoms with Crippen LogP contribution in [-0.2, 0) is 0 Å². The van der Waals surface area contributed by atoms with Gasteiger partial charge in [0, 0.05) is 12.1 Å². The largest absolute Gasteiger partial charge is 0.383 e.